The zero-order valence-corrected chi connectivity index (χ0v) is 17.3. The summed E-state index contributed by atoms with van der Waals surface area (Å²) >= 11 is 0. The maximum Gasteiger partial charge on any atom is 0.133 e. The van der Waals surface area contributed by atoms with Crippen LogP contribution in [-0.2, 0) is 9.59 Å². The molecule has 0 aromatic carbocycles. The molecule has 0 unspecified atom stereocenters. The first kappa shape index (κ1) is 20.1. The molecule has 0 saturated heterocycles. The van der Waals surface area contributed by atoms with Crippen molar-refractivity contribution in [3.63, 3.8) is 0 Å². The Kier molecular flexibility index (Phi) is 6.62. The molecule has 26 heavy (non-hydrogen) atoms. The van der Waals surface area contributed by atoms with E-state index >= 15 is 0 Å². The summed E-state index contributed by atoms with van der Waals surface area (Å²) in [4.78, 5) is 25.3. The van der Waals surface area contributed by atoms with Gasteiger partial charge in [0, 0.05) is 25.7 Å². The number of carbonyl (C=O) groups is 2. The number of ketones is 2. The molecule has 4 aliphatic carbocycles. The molecule has 4 fully saturated rings. The van der Waals surface area contributed by atoms with Crippen LogP contribution in [0.3, 0.4) is 0 Å². The highest BCUT2D eigenvalue weighted by atomic mass is 16.1. The molecular weight excluding hydrogens is 320 g/mol. The van der Waals surface area contributed by atoms with Crippen LogP contribution in [0.25, 0.3) is 0 Å². The molecule has 2 nitrogen and oxygen atoms in total. The van der Waals surface area contributed by atoms with Crippen LogP contribution in [0.15, 0.2) is 0 Å². The Morgan fingerprint density at radius 1 is 0.731 bits per heavy atom. The molecule has 0 atom stereocenters. The zero-order valence-electron chi connectivity index (χ0n) is 17.3. The van der Waals surface area contributed by atoms with Crippen molar-refractivity contribution in [1.29, 1.82) is 0 Å². The summed E-state index contributed by atoms with van der Waals surface area (Å²) in [5, 5.41) is 0. The fraction of sp³-hybridized carbons (Fsp3) is 0.917. The maximum absolute atomic E-state index is 12.6. The van der Waals surface area contributed by atoms with E-state index in [1.54, 1.807) is 0 Å². The number of hydrogen-bond acceptors (Lipinski definition) is 2. The second kappa shape index (κ2) is 8.57. The van der Waals surface area contributed by atoms with Crippen LogP contribution in [-0.4, -0.2) is 11.6 Å². The van der Waals surface area contributed by atoms with Gasteiger partial charge in [0.15, 0.2) is 0 Å². The van der Waals surface area contributed by atoms with Gasteiger partial charge in [-0.25, -0.2) is 0 Å². The monoisotopic (exact) mass is 360 g/mol. The van der Waals surface area contributed by atoms with Crippen LogP contribution >= 0.6 is 0 Å². The van der Waals surface area contributed by atoms with Gasteiger partial charge in [-0.15, -0.1) is 0 Å². The number of unbranched alkanes of at least 4 members (excludes halogenated alkanes) is 4. The van der Waals surface area contributed by atoms with Gasteiger partial charge in [-0.2, -0.15) is 0 Å². The summed E-state index contributed by atoms with van der Waals surface area (Å²) < 4.78 is 0. The number of carbonyl (C=O) groups excluding carboxylic acids is 2. The van der Waals surface area contributed by atoms with Crippen LogP contribution in [0, 0.1) is 22.7 Å². The molecule has 0 aliphatic heterocycles. The first-order chi connectivity index (χ1) is 12.5. The Balaban J connectivity index is 1.61. The van der Waals surface area contributed by atoms with E-state index in [9.17, 15) is 9.59 Å². The molecule has 0 amide bonds. The largest absolute Gasteiger partial charge is 0.300 e. The Morgan fingerprint density at radius 2 is 1.15 bits per heavy atom. The smallest absolute Gasteiger partial charge is 0.133 e. The third-order valence-electron chi connectivity index (χ3n) is 7.57. The minimum atomic E-state index is 0.261. The van der Waals surface area contributed by atoms with Crippen LogP contribution in [0.2, 0.25) is 0 Å². The highest BCUT2D eigenvalue weighted by molar-refractivity contribution is 5.80. The lowest BCUT2D eigenvalue weighted by Crippen LogP contribution is -2.53. The Morgan fingerprint density at radius 3 is 1.54 bits per heavy atom. The van der Waals surface area contributed by atoms with Gasteiger partial charge in [-0.05, 0) is 74.0 Å². The van der Waals surface area contributed by atoms with E-state index in [0.29, 0.717) is 11.6 Å². The summed E-state index contributed by atoms with van der Waals surface area (Å²) in [5.41, 5.74) is 0.522. The summed E-state index contributed by atoms with van der Waals surface area (Å²) in [6, 6.07) is 0. The topological polar surface area (TPSA) is 34.1 Å². The normalized spacial score (nSPS) is 35.0. The van der Waals surface area contributed by atoms with E-state index in [-0.39, 0.29) is 10.8 Å². The molecule has 0 aromatic rings. The van der Waals surface area contributed by atoms with Crippen molar-refractivity contribution >= 4 is 11.6 Å². The molecule has 4 saturated carbocycles. The second-order valence-electron chi connectivity index (χ2n) is 10.3. The quantitative estimate of drug-likeness (QED) is 0.365. The summed E-state index contributed by atoms with van der Waals surface area (Å²) in [5.74, 6) is 2.60. The zero-order chi connectivity index (χ0) is 18.6. The molecule has 0 spiro atoms. The van der Waals surface area contributed by atoms with Crippen molar-refractivity contribution in [2.45, 2.75) is 117 Å². The lowest BCUT2D eigenvalue weighted by molar-refractivity contribution is -0.144. The van der Waals surface area contributed by atoms with E-state index in [2.05, 4.69) is 13.8 Å². The number of hydrogen-bond donors (Lipinski definition) is 0. The Hall–Kier alpha value is -0.660. The van der Waals surface area contributed by atoms with Gasteiger partial charge in [0.05, 0.1) is 0 Å². The van der Waals surface area contributed by atoms with E-state index < -0.39 is 0 Å². The van der Waals surface area contributed by atoms with Crippen LogP contribution < -0.4 is 0 Å². The van der Waals surface area contributed by atoms with E-state index in [1.165, 1.54) is 64.2 Å². The predicted octanol–water partition coefficient (Wildman–Crippen LogP) is 6.65. The van der Waals surface area contributed by atoms with E-state index in [0.717, 1.165) is 50.4 Å². The van der Waals surface area contributed by atoms with Gasteiger partial charge in [0.25, 0.3) is 0 Å². The lowest BCUT2D eigenvalue weighted by atomic mass is 9.42. The first-order valence-corrected chi connectivity index (χ1v) is 11.5. The van der Waals surface area contributed by atoms with E-state index in [1.807, 2.05) is 0 Å². The van der Waals surface area contributed by atoms with E-state index in [4.69, 9.17) is 0 Å². The van der Waals surface area contributed by atoms with Crippen molar-refractivity contribution in [3.05, 3.63) is 0 Å². The molecule has 0 N–H and O–H groups in total. The average Bonchev–Trinajstić information content (AvgIpc) is 2.53. The second-order valence-corrected chi connectivity index (χ2v) is 10.3. The van der Waals surface area contributed by atoms with Gasteiger partial charge in [-0.3, -0.25) is 9.59 Å². The van der Waals surface area contributed by atoms with Crippen molar-refractivity contribution in [2.24, 2.45) is 22.7 Å². The highest BCUT2D eigenvalue weighted by Crippen LogP contribution is 2.67. The average molecular weight is 361 g/mol. The van der Waals surface area contributed by atoms with Gasteiger partial charge in [0.2, 0.25) is 0 Å². The minimum Gasteiger partial charge on any atom is -0.300 e. The minimum absolute atomic E-state index is 0.261. The SMILES string of the molecule is CCCCCC(=O)CC12CC3CC(C1)CC(CC(=O)CCCCC)(C3)C2. The summed E-state index contributed by atoms with van der Waals surface area (Å²) in [6.07, 6.45) is 17.7. The predicted molar refractivity (Wildman–Crippen MR) is 107 cm³/mol. The maximum atomic E-state index is 12.6. The third kappa shape index (κ3) is 4.78. The van der Waals surface area contributed by atoms with Crippen molar-refractivity contribution < 1.29 is 9.59 Å². The number of rotatable bonds is 12. The molecule has 0 aromatic heterocycles. The van der Waals surface area contributed by atoms with Crippen LogP contribution in [0.4, 0.5) is 0 Å². The first-order valence-electron chi connectivity index (χ1n) is 11.5. The van der Waals surface area contributed by atoms with Gasteiger partial charge in [0.1, 0.15) is 11.6 Å². The van der Waals surface area contributed by atoms with Gasteiger partial charge < -0.3 is 0 Å². The number of Topliss-reactive ketones (excluding diaryl/α,β-unsaturated/α-hetero) is 2. The highest BCUT2D eigenvalue weighted by Gasteiger charge is 2.58. The van der Waals surface area contributed by atoms with Crippen molar-refractivity contribution in [1.82, 2.24) is 0 Å². The molecule has 4 bridgehead atoms. The molecule has 148 valence electrons. The molecule has 4 rings (SSSR count). The van der Waals surface area contributed by atoms with Gasteiger partial charge >= 0.3 is 0 Å². The molecular formula is C24H40O2. The van der Waals surface area contributed by atoms with Crippen molar-refractivity contribution in [2.75, 3.05) is 0 Å². The Bertz CT molecular complexity index is 450. The lowest BCUT2D eigenvalue weighted by Gasteiger charge is -2.62. The summed E-state index contributed by atoms with van der Waals surface area (Å²) in [6.45, 7) is 4.40. The molecule has 0 heterocycles. The third-order valence-corrected chi connectivity index (χ3v) is 7.57. The van der Waals surface area contributed by atoms with Gasteiger partial charge in [-0.1, -0.05) is 39.5 Å². The fourth-order valence-electron chi connectivity index (χ4n) is 7.22. The van der Waals surface area contributed by atoms with Crippen LogP contribution in [0.1, 0.15) is 117 Å². The summed E-state index contributed by atoms with van der Waals surface area (Å²) in [7, 11) is 0. The van der Waals surface area contributed by atoms with Crippen molar-refractivity contribution in [3.8, 4) is 0 Å². The van der Waals surface area contributed by atoms with Crippen LogP contribution in [0.5, 0.6) is 0 Å². The fourth-order valence-corrected chi connectivity index (χ4v) is 7.22. The standard InChI is InChI=1S/C24H40O2/c1-3-5-7-9-21(25)16-23-12-19-11-20(13-23)15-24(14-19,18-23)17-22(26)10-8-6-4-2/h19-20H,3-18H2,1-2H3. The molecule has 4 aliphatic rings. The molecule has 2 heteroatoms. The Labute approximate surface area is 160 Å². The molecule has 0 radical (unpaired) electrons.